The molecule has 5 nitrogen and oxygen atoms in total. The first-order valence-electron chi connectivity index (χ1n) is 6.22. The van der Waals surface area contributed by atoms with Gasteiger partial charge in [0.25, 0.3) is 0 Å². The fourth-order valence-electron chi connectivity index (χ4n) is 2.28. The normalized spacial score (nSPS) is 17.9. The van der Waals surface area contributed by atoms with Crippen LogP contribution in [0.2, 0.25) is 10.0 Å². The van der Waals surface area contributed by atoms with Crippen LogP contribution in [0.1, 0.15) is 18.4 Å². The van der Waals surface area contributed by atoms with E-state index in [9.17, 15) is 10.1 Å². The van der Waals surface area contributed by atoms with Crippen molar-refractivity contribution in [3.63, 3.8) is 0 Å². The van der Waals surface area contributed by atoms with E-state index in [0.717, 1.165) is 0 Å². The summed E-state index contributed by atoms with van der Waals surface area (Å²) in [5, 5.41) is 10.1. The third-order valence-electron chi connectivity index (χ3n) is 3.29. The number of hydrogen-bond acceptors (Lipinski definition) is 5. The van der Waals surface area contributed by atoms with Crippen LogP contribution in [0.5, 0.6) is 0 Å². The van der Waals surface area contributed by atoms with Crippen LogP contribution in [-0.4, -0.2) is 13.1 Å². The smallest absolute Gasteiger partial charge is 0.338 e. The molecule has 22 heavy (non-hydrogen) atoms. The number of benzene rings is 1. The van der Waals surface area contributed by atoms with Gasteiger partial charge in [0, 0.05) is 0 Å². The SMILES string of the molecule is COC(=O)C1=C(C)OC(N)=C(C#N)[C@@H]1c1ccc(Cl)c(Cl)c1. The molecule has 1 aliphatic heterocycles. The second kappa shape index (κ2) is 6.30. The molecule has 2 N–H and O–H groups in total. The van der Waals surface area contributed by atoms with Gasteiger partial charge in [0.2, 0.25) is 5.88 Å². The molecular weight excluding hydrogens is 327 g/mol. The molecule has 0 aromatic heterocycles. The first kappa shape index (κ1) is 16.2. The molecule has 0 unspecified atom stereocenters. The van der Waals surface area contributed by atoms with Gasteiger partial charge in [0.05, 0.1) is 28.6 Å². The van der Waals surface area contributed by atoms with Crippen LogP contribution >= 0.6 is 23.2 Å². The summed E-state index contributed by atoms with van der Waals surface area (Å²) in [6.45, 7) is 1.58. The summed E-state index contributed by atoms with van der Waals surface area (Å²) >= 11 is 11.9. The minimum absolute atomic E-state index is 0.0521. The quantitative estimate of drug-likeness (QED) is 0.836. The summed E-state index contributed by atoms with van der Waals surface area (Å²) < 4.78 is 10.1. The number of carbonyl (C=O) groups excluding carboxylic acids is 1. The van der Waals surface area contributed by atoms with Crippen LogP contribution in [0, 0.1) is 11.3 Å². The van der Waals surface area contributed by atoms with Gasteiger partial charge in [-0.3, -0.25) is 0 Å². The van der Waals surface area contributed by atoms with Gasteiger partial charge >= 0.3 is 5.97 Å². The summed E-state index contributed by atoms with van der Waals surface area (Å²) in [6.07, 6.45) is 0. The number of esters is 1. The summed E-state index contributed by atoms with van der Waals surface area (Å²) in [6, 6.07) is 6.82. The maximum atomic E-state index is 12.1. The Kier molecular flexibility index (Phi) is 4.65. The van der Waals surface area contributed by atoms with E-state index in [2.05, 4.69) is 0 Å². The first-order chi connectivity index (χ1) is 10.4. The van der Waals surface area contributed by atoms with E-state index in [-0.39, 0.29) is 22.8 Å². The van der Waals surface area contributed by atoms with Crippen molar-refractivity contribution in [2.24, 2.45) is 5.73 Å². The summed E-state index contributed by atoms with van der Waals surface area (Å²) in [4.78, 5) is 12.1. The first-order valence-corrected chi connectivity index (χ1v) is 6.97. The lowest BCUT2D eigenvalue weighted by Gasteiger charge is -2.26. The highest BCUT2D eigenvalue weighted by Gasteiger charge is 2.36. The molecule has 0 fully saturated rings. The second-order valence-corrected chi connectivity index (χ2v) is 5.37. The molecule has 1 heterocycles. The molecule has 1 aromatic rings. The van der Waals surface area contributed by atoms with E-state index < -0.39 is 11.9 Å². The molecule has 0 spiro atoms. The van der Waals surface area contributed by atoms with Crippen LogP contribution in [0.25, 0.3) is 0 Å². The van der Waals surface area contributed by atoms with Crippen LogP contribution in [0.15, 0.2) is 41.0 Å². The average molecular weight is 339 g/mol. The molecule has 0 radical (unpaired) electrons. The highest BCUT2D eigenvalue weighted by Crippen LogP contribution is 2.40. The Morgan fingerprint density at radius 1 is 1.41 bits per heavy atom. The Hall–Kier alpha value is -2.16. The topological polar surface area (TPSA) is 85.3 Å². The van der Waals surface area contributed by atoms with E-state index in [1.165, 1.54) is 7.11 Å². The third-order valence-corrected chi connectivity index (χ3v) is 4.03. The minimum Gasteiger partial charge on any atom is -0.466 e. The number of halogens is 2. The molecule has 0 saturated carbocycles. The van der Waals surface area contributed by atoms with Gasteiger partial charge in [0.15, 0.2) is 0 Å². The zero-order chi connectivity index (χ0) is 16.4. The number of allylic oxidation sites excluding steroid dienone is 2. The van der Waals surface area contributed by atoms with Crippen LogP contribution in [0.3, 0.4) is 0 Å². The van der Waals surface area contributed by atoms with Gasteiger partial charge in [-0.25, -0.2) is 4.79 Å². The molecule has 0 amide bonds. The van der Waals surface area contributed by atoms with Crippen molar-refractivity contribution < 1.29 is 14.3 Å². The molecule has 114 valence electrons. The van der Waals surface area contributed by atoms with Gasteiger partial charge in [-0.15, -0.1) is 0 Å². The van der Waals surface area contributed by atoms with Gasteiger partial charge in [-0.1, -0.05) is 29.3 Å². The van der Waals surface area contributed by atoms with E-state index in [0.29, 0.717) is 15.6 Å². The summed E-state index contributed by atoms with van der Waals surface area (Å²) in [7, 11) is 1.25. The Morgan fingerprint density at radius 2 is 2.09 bits per heavy atom. The predicted octanol–water partition coefficient (Wildman–Crippen LogP) is 3.25. The monoisotopic (exact) mass is 338 g/mol. The van der Waals surface area contributed by atoms with Crippen molar-refractivity contribution in [1.82, 2.24) is 0 Å². The van der Waals surface area contributed by atoms with Crippen molar-refractivity contribution in [3.05, 3.63) is 56.6 Å². The third kappa shape index (κ3) is 2.76. The van der Waals surface area contributed by atoms with Gasteiger partial charge in [0.1, 0.15) is 17.4 Å². The van der Waals surface area contributed by atoms with Crippen molar-refractivity contribution in [1.29, 1.82) is 5.26 Å². The zero-order valence-electron chi connectivity index (χ0n) is 11.8. The summed E-state index contributed by atoms with van der Waals surface area (Å²) in [5.41, 5.74) is 6.68. The van der Waals surface area contributed by atoms with E-state index >= 15 is 0 Å². The molecule has 1 aromatic carbocycles. The number of methoxy groups -OCH3 is 1. The molecule has 2 rings (SSSR count). The Bertz CT molecular complexity index is 748. The van der Waals surface area contributed by atoms with Gasteiger partial charge < -0.3 is 15.2 Å². The molecule has 1 aliphatic rings. The number of nitrogens with two attached hydrogens (primary N) is 1. The minimum atomic E-state index is -0.721. The largest absolute Gasteiger partial charge is 0.466 e. The van der Waals surface area contributed by atoms with Crippen molar-refractivity contribution in [2.75, 3.05) is 7.11 Å². The summed E-state index contributed by atoms with van der Waals surface area (Å²) in [5.74, 6) is -1.10. The number of rotatable bonds is 2. The lowest BCUT2D eigenvalue weighted by molar-refractivity contribution is -0.136. The number of hydrogen-bond donors (Lipinski definition) is 1. The molecule has 7 heteroatoms. The fourth-order valence-corrected chi connectivity index (χ4v) is 2.59. The Morgan fingerprint density at radius 3 is 2.64 bits per heavy atom. The second-order valence-electron chi connectivity index (χ2n) is 4.56. The fraction of sp³-hybridized carbons (Fsp3) is 0.200. The van der Waals surface area contributed by atoms with Crippen molar-refractivity contribution in [2.45, 2.75) is 12.8 Å². The molecule has 1 atom stereocenters. The number of carbonyl (C=O) groups is 1. The molecule has 0 aliphatic carbocycles. The van der Waals surface area contributed by atoms with E-state index in [1.54, 1.807) is 25.1 Å². The van der Waals surface area contributed by atoms with Crippen LogP contribution < -0.4 is 5.73 Å². The molecule has 0 bridgehead atoms. The van der Waals surface area contributed by atoms with Gasteiger partial charge in [-0.2, -0.15) is 5.26 Å². The number of ether oxygens (including phenoxy) is 2. The number of nitriles is 1. The van der Waals surface area contributed by atoms with Crippen LogP contribution in [0.4, 0.5) is 0 Å². The molecule has 0 saturated heterocycles. The van der Waals surface area contributed by atoms with Gasteiger partial charge in [-0.05, 0) is 24.6 Å². The lowest BCUT2D eigenvalue weighted by Crippen LogP contribution is -2.25. The van der Waals surface area contributed by atoms with Crippen molar-refractivity contribution in [3.8, 4) is 6.07 Å². The lowest BCUT2D eigenvalue weighted by atomic mass is 9.83. The highest BCUT2D eigenvalue weighted by atomic mass is 35.5. The standard InChI is InChI=1S/C15H12Cl2N2O3/c1-7-12(15(20)21-2)13(9(6-18)14(19)22-7)8-3-4-10(16)11(17)5-8/h3-5,13H,19H2,1-2H3/t13-/m0/s1. The Labute approximate surface area is 137 Å². The average Bonchev–Trinajstić information content (AvgIpc) is 2.48. The molecular formula is C15H12Cl2N2O3. The highest BCUT2D eigenvalue weighted by molar-refractivity contribution is 6.42. The maximum absolute atomic E-state index is 12.1. The number of nitrogens with zero attached hydrogens (tertiary/aromatic N) is 1. The van der Waals surface area contributed by atoms with E-state index in [4.69, 9.17) is 38.4 Å². The van der Waals surface area contributed by atoms with Crippen LogP contribution in [-0.2, 0) is 14.3 Å². The zero-order valence-corrected chi connectivity index (χ0v) is 13.3. The predicted molar refractivity (Wildman–Crippen MR) is 81.8 cm³/mol. The van der Waals surface area contributed by atoms with E-state index in [1.807, 2.05) is 6.07 Å². The Balaban J connectivity index is 2.68. The van der Waals surface area contributed by atoms with Crippen molar-refractivity contribution >= 4 is 29.2 Å². The maximum Gasteiger partial charge on any atom is 0.338 e.